The van der Waals surface area contributed by atoms with Crippen molar-refractivity contribution in [1.82, 2.24) is 9.78 Å². The lowest BCUT2D eigenvalue weighted by Gasteiger charge is -2.14. The van der Waals surface area contributed by atoms with Gasteiger partial charge in [0.05, 0.1) is 0 Å². The SMILES string of the molecule is CC(C)(C)OC=O.Cc1cn2nc1-2. The van der Waals surface area contributed by atoms with Crippen molar-refractivity contribution >= 4 is 6.47 Å². The lowest BCUT2D eigenvalue weighted by Crippen LogP contribution is -2.17. The monoisotopic (exact) mass is 182 g/mol. The molecule has 0 N–H and O–H groups in total. The maximum Gasteiger partial charge on any atom is 0.293 e. The van der Waals surface area contributed by atoms with Crippen LogP contribution in [0, 0.1) is 6.92 Å². The van der Waals surface area contributed by atoms with Crippen LogP contribution in [-0.2, 0) is 9.53 Å². The number of carbonyl (C=O) groups is 1. The third-order valence-corrected chi connectivity index (χ3v) is 1.45. The van der Waals surface area contributed by atoms with Gasteiger partial charge in [-0.1, -0.05) is 0 Å². The third kappa shape index (κ3) is 2.89. The van der Waals surface area contributed by atoms with Gasteiger partial charge in [0.2, 0.25) is 0 Å². The molecule has 0 aromatic carbocycles. The van der Waals surface area contributed by atoms with Gasteiger partial charge in [-0.15, -0.1) is 5.10 Å². The number of rotatable bonds is 1. The van der Waals surface area contributed by atoms with Crippen molar-refractivity contribution in [1.29, 1.82) is 0 Å². The smallest absolute Gasteiger partial charge is 0.293 e. The summed E-state index contributed by atoms with van der Waals surface area (Å²) in [5, 5.41) is 3.91. The van der Waals surface area contributed by atoms with Crippen LogP contribution in [0.2, 0.25) is 0 Å². The molecule has 4 nitrogen and oxygen atoms in total. The van der Waals surface area contributed by atoms with Gasteiger partial charge in [-0.3, -0.25) is 4.79 Å². The maximum absolute atomic E-state index is 9.60. The number of nitrogens with zero attached hydrogens (tertiary/aromatic N) is 2. The molecule has 0 fully saturated rings. The van der Waals surface area contributed by atoms with E-state index < -0.39 is 0 Å². The molecule has 0 atom stereocenters. The van der Waals surface area contributed by atoms with Crippen LogP contribution >= 0.6 is 0 Å². The van der Waals surface area contributed by atoms with E-state index in [1.165, 1.54) is 11.4 Å². The Kier molecular flexibility index (Phi) is 2.40. The van der Waals surface area contributed by atoms with E-state index >= 15 is 0 Å². The van der Waals surface area contributed by atoms with E-state index in [1.807, 2.05) is 31.6 Å². The molecule has 0 bridgehead atoms. The van der Waals surface area contributed by atoms with Crippen molar-refractivity contribution in [3.05, 3.63) is 11.8 Å². The second-order valence-corrected chi connectivity index (χ2v) is 3.91. The van der Waals surface area contributed by atoms with Crippen LogP contribution in [0.1, 0.15) is 26.3 Å². The molecule has 0 spiro atoms. The van der Waals surface area contributed by atoms with E-state index in [0.29, 0.717) is 6.47 Å². The predicted molar refractivity (Wildman–Crippen MR) is 48.8 cm³/mol. The van der Waals surface area contributed by atoms with Crippen LogP contribution < -0.4 is 0 Å². The Hall–Kier alpha value is -1.32. The highest BCUT2D eigenvalue weighted by atomic mass is 16.5. The van der Waals surface area contributed by atoms with Crippen LogP contribution in [0.4, 0.5) is 0 Å². The molecular formula is C9H14N2O2. The average molecular weight is 182 g/mol. The zero-order valence-corrected chi connectivity index (χ0v) is 8.37. The summed E-state index contributed by atoms with van der Waals surface area (Å²) in [5.74, 6) is 1.18. The van der Waals surface area contributed by atoms with Gasteiger partial charge in [0.1, 0.15) is 5.60 Å². The summed E-state index contributed by atoms with van der Waals surface area (Å²) >= 11 is 0. The topological polar surface area (TPSA) is 44.1 Å². The van der Waals surface area contributed by atoms with Crippen molar-refractivity contribution in [3.63, 3.8) is 0 Å². The van der Waals surface area contributed by atoms with Gasteiger partial charge in [-0.2, -0.15) is 0 Å². The third-order valence-electron chi connectivity index (χ3n) is 1.45. The molecule has 0 saturated heterocycles. The molecular weight excluding hydrogens is 168 g/mol. The molecule has 0 saturated carbocycles. The first kappa shape index (κ1) is 9.77. The van der Waals surface area contributed by atoms with E-state index in [4.69, 9.17) is 0 Å². The van der Waals surface area contributed by atoms with Gasteiger partial charge >= 0.3 is 0 Å². The summed E-state index contributed by atoms with van der Waals surface area (Å²) < 4.78 is 6.42. The van der Waals surface area contributed by atoms with Gasteiger partial charge < -0.3 is 4.74 Å². The number of carbonyl (C=O) groups excluding carboxylic acids is 1. The predicted octanol–water partition coefficient (Wildman–Crippen LogP) is 1.45. The minimum Gasteiger partial charge on any atom is -0.462 e. The summed E-state index contributed by atoms with van der Waals surface area (Å²) in [7, 11) is 0. The molecule has 2 rings (SSSR count). The Morgan fingerprint density at radius 2 is 2.15 bits per heavy atom. The zero-order valence-electron chi connectivity index (χ0n) is 8.37. The second kappa shape index (κ2) is 3.20. The van der Waals surface area contributed by atoms with Gasteiger partial charge in [0, 0.05) is 11.8 Å². The van der Waals surface area contributed by atoms with Crippen molar-refractivity contribution < 1.29 is 9.53 Å². The molecule has 0 aliphatic carbocycles. The lowest BCUT2D eigenvalue weighted by molar-refractivity contribution is -0.138. The molecule has 0 aromatic rings. The molecule has 2 aliphatic heterocycles. The summed E-state index contributed by atoms with van der Waals surface area (Å²) in [5.41, 5.74) is 0.997. The molecule has 72 valence electrons. The quantitative estimate of drug-likeness (QED) is 0.627. The van der Waals surface area contributed by atoms with Crippen molar-refractivity contribution in [3.8, 4) is 5.82 Å². The summed E-state index contributed by atoms with van der Waals surface area (Å²) in [4.78, 5) is 9.60. The average Bonchev–Trinajstić information content (AvgIpc) is 2.59. The van der Waals surface area contributed by atoms with Crippen LogP contribution in [0.25, 0.3) is 5.82 Å². The fourth-order valence-corrected chi connectivity index (χ4v) is 0.749. The highest BCUT2D eigenvalue weighted by molar-refractivity contribution is 5.42. The van der Waals surface area contributed by atoms with Crippen molar-refractivity contribution in [2.24, 2.45) is 0 Å². The highest BCUT2D eigenvalue weighted by Crippen LogP contribution is 2.21. The number of aromatic nitrogens is 2. The zero-order chi connectivity index (χ0) is 10.1. The lowest BCUT2D eigenvalue weighted by atomic mass is 10.2. The van der Waals surface area contributed by atoms with Gasteiger partial charge in [-0.25, -0.2) is 4.68 Å². The number of ether oxygens (including phenoxy) is 1. The van der Waals surface area contributed by atoms with E-state index in [1.54, 1.807) is 0 Å². The minimum atomic E-state index is -0.318. The fourth-order valence-electron chi connectivity index (χ4n) is 0.749. The molecule has 13 heavy (non-hydrogen) atoms. The number of hydrogen-bond donors (Lipinski definition) is 0. The van der Waals surface area contributed by atoms with Crippen LogP contribution in [0.3, 0.4) is 0 Å². The molecule has 4 heteroatoms. The molecule has 0 amide bonds. The summed E-state index contributed by atoms with van der Waals surface area (Å²) in [6.07, 6.45) is 2.01. The maximum atomic E-state index is 9.60. The Morgan fingerprint density at radius 1 is 1.54 bits per heavy atom. The standard InChI is InChI=1S/C5H10O2.C4H4N2/c1-5(2,3)7-4-6;1-3-2-6-4(3)5-6/h4H,1-3H3;2H,1H3. The van der Waals surface area contributed by atoms with E-state index in [9.17, 15) is 4.79 Å². The number of fused-ring (bicyclic) bond motifs is 1. The Balaban J connectivity index is 0.000000130. The largest absolute Gasteiger partial charge is 0.462 e. The Labute approximate surface area is 77.5 Å². The van der Waals surface area contributed by atoms with Crippen LogP contribution in [0.5, 0.6) is 0 Å². The number of hydrogen-bond acceptors (Lipinski definition) is 3. The van der Waals surface area contributed by atoms with E-state index in [-0.39, 0.29) is 5.60 Å². The fraction of sp³-hybridized carbons (Fsp3) is 0.556. The van der Waals surface area contributed by atoms with Gasteiger partial charge in [-0.05, 0) is 27.7 Å². The number of aryl methyl sites for hydroxylation is 1. The second-order valence-electron chi connectivity index (χ2n) is 3.91. The highest BCUT2D eigenvalue weighted by Gasteiger charge is 2.18. The molecule has 0 unspecified atom stereocenters. The van der Waals surface area contributed by atoms with Crippen LogP contribution in [-0.4, -0.2) is 21.9 Å². The Morgan fingerprint density at radius 3 is 2.15 bits per heavy atom. The van der Waals surface area contributed by atoms with Crippen LogP contribution in [0.15, 0.2) is 6.20 Å². The molecule has 2 aliphatic rings. The first-order valence-electron chi connectivity index (χ1n) is 4.12. The first-order valence-corrected chi connectivity index (χ1v) is 4.12. The minimum absolute atomic E-state index is 0.318. The van der Waals surface area contributed by atoms with Gasteiger partial charge in [0.25, 0.3) is 6.47 Å². The van der Waals surface area contributed by atoms with Crippen molar-refractivity contribution in [2.75, 3.05) is 0 Å². The van der Waals surface area contributed by atoms with E-state index in [0.717, 1.165) is 0 Å². The molecule has 0 radical (unpaired) electrons. The molecule has 2 heterocycles. The Bertz CT molecular complexity index is 310. The van der Waals surface area contributed by atoms with E-state index in [2.05, 4.69) is 16.8 Å². The first-order chi connectivity index (χ1) is 5.94. The van der Waals surface area contributed by atoms with Crippen molar-refractivity contribution in [2.45, 2.75) is 33.3 Å². The normalized spacial score (nSPS) is 11.4. The summed E-state index contributed by atoms with van der Waals surface area (Å²) in [6.45, 7) is 7.98. The van der Waals surface area contributed by atoms with Gasteiger partial charge in [0.15, 0.2) is 5.82 Å². The summed E-state index contributed by atoms with van der Waals surface area (Å²) in [6, 6.07) is 0. The molecule has 0 aromatic heterocycles.